The summed E-state index contributed by atoms with van der Waals surface area (Å²) in [5, 5.41) is 1.38. The van der Waals surface area contributed by atoms with E-state index in [2.05, 4.69) is 14.9 Å². The van der Waals surface area contributed by atoms with Crippen molar-refractivity contribution in [1.82, 2.24) is 19.9 Å². The minimum absolute atomic E-state index is 0.0129. The molecule has 3 aliphatic rings. The molecule has 0 amide bonds. The van der Waals surface area contributed by atoms with Crippen molar-refractivity contribution in [1.29, 1.82) is 0 Å². The predicted molar refractivity (Wildman–Crippen MR) is 128 cm³/mol. The second-order valence-electron chi connectivity index (χ2n) is 9.37. The molecule has 1 saturated heterocycles. The van der Waals surface area contributed by atoms with E-state index in [0.717, 1.165) is 78.7 Å². The van der Waals surface area contributed by atoms with Crippen LogP contribution < -0.4 is 16.4 Å². The minimum Gasteiger partial charge on any atom is -0.447 e. The third kappa shape index (κ3) is 3.57. The van der Waals surface area contributed by atoms with Crippen molar-refractivity contribution in [2.24, 2.45) is 11.1 Å². The molecule has 2 aliphatic carbocycles. The fourth-order valence-electron chi connectivity index (χ4n) is 5.18. The summed E-state index contributed by atoms with van der Waals surface area (Å²) in [5.74, 6) is 2.59. The van der Waals surface area contributed by atoms with Gasteiger partial charge in [0.05, 0.1) is 28.1 Å². The number of anilines is 2. The Bertz CT molecular complexity index is 1220. The van der Waals surface area contributed by atoms with Crippen LogP contribution in [0.15, 0.2) is 33.0 Å². The molecular weight excluding hydrogens is 458 g/mol. The second kappa shape index (κ2) is 7.85. The van der Waals surface area contributed by atoms with E-state index in [9.17, 15) is 0 Å². The van der Waals surface area contributed by atoms with E-state index < -0.39 is 0 Å². The molecule has 1 saturated carbocycles. The van der Waals surface area contributed by atoms with Crippen LogP contribution in [0.3, 0.4) is 0 Å². The Morgan fingerprint density at radius 2 is 2.00 bits per heavy atom. The zero-order valence-electron chi connectivity index (χ0n) is 18.4. The van der Waals surface area contributed by atoms with E-state index in [0.29, 0.717) is 21.8 Å². The number of pyridine rings is 1. The molecule has 8 nitrogen and oxygen atoms in total. The molecule has 3 aromatic heterocycles. The van der Waals surface area contributed by atoms with Crippen LogP contribution >= 0.6 is 23.4 Å². The quantitative estimate of drug-likeness (QED) is 0.560. The lowest BCUT2D eigenvalue weighted by Gasteiger charge is -2.42. The number of hydrogen-bond donors (Lipinski definition) is 2. The van der Waals surface area contributed by atoms with Crippen LogP contribution in [0.5, 0.6) is 0 Å². The predicted octanol–water partition coefficient (Wildman–Crippen LogP) is 4.27. The maximum absolute atomic E-state index is 6.63. The van der Waals surface area contributed by atoms with Gasteiger partial charge in [-0.1, -0.05) is 23.4 Å². The third-order valence-corrected chi connectivity index (χ3v) is 8.85. The van der Waals surface area contributed by atoms with Gasteiger partial charge in [-0.15, -0.1) is 0 Å². The molecular formula is C23H26ClN7OS. The molecule has 33 heavy (non-hydrogen) atoms. The third-order valence-electron chi connectivity index (χ3n) is 7.28. The highest BCUT2D eigenvalue weighted by molar-refractivity contribution is 7.99. The lowest BCUT2D eigenvalue weighted by molar-refractivity contribution is 0.173. The van der Waals surface area contributed by atoms with Gasteiger partial charge in [0.2, 0.25) is 0 Å². The fourth-order valence-corrected chi connectivity index (χ4v) is 6.43. The Kier molecular flexibility index (Phi) is 5.04. The van der Waals surface area contributed by atoms with E-state index in [1.807, 2.05) is 19.2 Å². The van der Waals surface area contributed by atoms with Gasteiger partial charge < -0.3 is 20.8 Å². The summed E-state index contributed by atoms with van der Waals surface area (Å²) in [6, 6.07) is 1.82. The van der Waals surface area contributed by atoms with E-state index in [4.69, 9.17) is 37.5 Å². The standard InChI is InChI=1S/C23H26ClN7OS/c1-12-21(31-8-5-23(6-9-31)10-14-18(19(23)25)32-11-28-14)30-20(26)22(29-12)33-15-4-7-27-17(16(15)24)13-2-3-13/h4,7,11,13,19H,2-3,5-6,8-10,25H2,1H3,(H2,26,30)/t19-/m1/s1. The number of oxazole rings is 1. The van der Waals surface area contributed by atoms with Gasteiger partial charge in [0.25, 0.3) is 0 Å². The summed E-state index contributed by atoms with van der Waals surface area (Å²) in [6.07, 6.45) is 8.40. The van der Waals surface area contributed by atoms with Gasteiger partial charge in [-0.05, 0) is 38.7 Å². The largest absolute Gasteiger partial charge is 0.447 e. The van der Waals surface area contributed by atoms with Crippen LogP contribution in [0.1, 0.15) is 60.5 Å². The van der Waals surface area contributed by atoms with Crippen molar-refractivity contribution in [2.45, 2.75) is 60.9 Å². The SMILES string of the molecule is Cc1nc(Sc2ccnc(C3CC3)c2Cl)c(N)nc1N1CCC2(CC1)Cc1ncoc1[C@H]2N. The van der Waals surface area contributed by atoms with Crippen LogP contribution in [0.2, 0.25) is 5.02 Å². The van der Waals surface area contributed by atoms with Crippen molar-refractivity contribution in [3.63, 3.8) is 0 Å². The molecule has 3 aromatic rings. The zero-order chi connectivity index (χ0) is 22.7. The van der Waals surface area contributed by atoms with E-state index >= 15 is 0 Å². The van der Waals surface area contributed by atoms with Crippen molar-refractivity contribution in [3.8, 4) is 0 Å². The van der Waals surface area contributed by atoms with Gasteiger partial charge in [0, 0.05) is 41.9 Å². The van der Waals surface area contributed by atoms with E-state index in [-0.39, 0.29) is 11.5 Å². The molecule has 10 heteroatoms. The van der Waals surface area contributed by atoms with Gasteiger partial charge >= 0.3 is 0 Å². The zero-order valence-corrected chi connectivity index (χ0v) is 20.0. The summed E-state index contributed by atoms with van der Waals surface area (Å²) >= 11 is 8.09. The number of nitrogen functional groups attached to an aromatic ring is 1. The molecule has 0 aromatic carbocycles. The van der Waals surface area contributed by atoms with E-state index in [1.54, 1.807) is 0 Å². The Morgan fingerprint density at radius 3 is 2.73 bits per heavy atom. The number of nitrogens with zero attached hydrogens (tertiary/aromatic N) is 5. The van der Waals surface area contributed by atoms with Gasteiger partial charge in [0.1, 0.15) is 10.8 Å². The average molecular weight is 484 g/mol. The second-order valence-corrected chi connectivity index (χ2v) is 10.8. The maximum Gasteiger partial charge on any atom is 0.181 e. The molecule has 1 aliphatic heterocycles. The highest BCUT2D eigenvalue weighted by Crippen LogP contribution is 2.51. The lowest BCUT2D eigenvalue weighted by atomic mass is 9.73. The molecule has 2 fully saturated rings. The van der Waals surface area contributed by atoms with Crippen molar-refractivity contribution in [2.75, 3.05) is 23.7 Å². The van der Waals surface area contributed by atoms with Crippen LogP contribution in [0.4, 0.5) is 11.6 Å². The highest BCUT2D eigenvalue weighted by atomic mass is 35.5. The monoisotopic (exact) mass is 483 g/mol. The first-order chi connectivity index (χ1) is 15.9. The number of aromatic nitrogens is 4. The molecule has 1 spiro atoms. The molecule has 6 rings (SSSR count). The van der Waals surface area contributed by atoms with Crippen molar-refractivity contribution in [3.05, 3.63) is 46.5 Å². The topological polar surface area (TPSA) is 120 Å². The molecule has 4 N–H and O–H groups in total. The number of hydrogen-bond acceptors (Lipinski definition) is 9. The Hall–Kier alpha value is -2.36. The number of fused-ring (bicyclic) bond motifs is 1. The highest BCUT2D eigenvalue weighted by Gasteiger charge is 2.49. The first-order valence-electron chi connectivity index (χ1n) is 11.3. The molecule has 1 atom stereocenters. The first kappa shape index (κ1) is 21.2. The minimum atomic E-state index is -0.0983. The number of halogens is 1. The number of nitrogens with two attached hydrogens (primary N) is 2. The number of aryl methyl sites for hydroxylation is 1. The van der Waals surface area contributed by atoms with E-state index in [1.165, 1.54) is 18.2 Å². The van der Waals surface area contributed by atoms with Crippen molar-refractivity contribution < 1.29 is 4.42 Å². The number of rotatable bonds is 4. The summed E-state index contributed by atoms with van der Waals surface area (Å²) in [5.41, 5.74) is 15.8. The van der Waals surface area contributed by atoms with Crippen LogP contribution in [-0.4, -0.2) is 33.0 Å². The molecule has 4 heterocycles. The van der Waals surface area contributed by atoms with Gasteiger partial charge in [0.15, 0.2) is 18.0 Å². The summed E-state index contributed by atoms with van der Waals surface area (Å²) < 4.78 is 5.55. The van der Waals surface area contributed by atoms with Gasteiger partial charge in [-0.2, -0.15) is 0 Å². The average Bonchev–Trinajstić information content (AvgIpc) is 3.50. The normalized spacial score (nSPS) is 21.5. The Balaban J connectivity index is 1.19. The summed E-state index contributed by atoms with van der Waals surface area (Å²) in [6.45, 7) is 3.68. The van der Waals surface area contributed by atoms with Crippen LogP contribution in [0, 0.1) is 12.3 Å². The summed E-state index contributed by atoms with van der Waals surface area (Å²) in [4.78, 5) is 21.6. The van der Waals surface area contributed by atoms with Gasteiger partial charge in [-0.25, -0.2) is 15.0 Å². The van der Waals surface area contributed by atoms with Gasteiger partial charge in [-0.3, -0.25) is 4.98 Å². The molecule has 172 valence electrons. The lowest BCUT2D eigenvalue weighted by Crippen LogP contribution is -2.45. The maximum atomic E-state index is 6.63. The Morgan fingerprint density at radius 1 is 1.21 bits per heavy atom. The smallest absolute Gasteiger partial charge is 0.181 e. The first-order valence-corrected chi connectivity index (χ1v) is 12.5. The molecule has 0 unspecified atom stereocenters. The fraction of sp³-hybridized carbons (Fsp3) is 0.478. The van der Waals surface area contributed by atoms with Crippen molar-refractivity contribution >= 4 is 35.0 Å². The van der Waals surface area contributed by atoms with Crippen LogP contribution in [0.25, 0.3) is 0 Å². The number of piperidine rings is 1. The molecule has 0 bridgehead atoms. The molecule has 0 radical (unpaired) electrons. The summed E-state index contributed by atoms with van der Waals surface area (Å²) in [7, 11) is 0. The Labute approximate surface area is 201 Å². The van der Waals surface area contributed by atoms with Crippen LogP contribution in [-0.2, 0) is 6.42 Å².